The van der Waals surface area contributed by atoms with E-state index < -0.39 is 0 Å². The highest BCUT2D eigenvalue weighted by atomic mass is 16.5. The molecule has 6 heteroatoms. The molecule has 2 amide bonds. The first-order valence-corrected chi connectivity index (χ1v) is 8.19. The van der Waals surface area contributed by atoms with Gasteiger partial charge in [0.1, 0.15) is 5.82 Å². The number of imidazole rings is 1. The van der Waals surface area contributed by atoms with Gasteiger partial charge in [-0.25, -0.2) is 9.78 Å². The van der Waals surface area contributed by atoms with Crippen molar-refractivity contribution in [1.82, 2.24) is 19.8 Å². The second-order valence-corrected chi connectivity index (χ2v) is 6.08. The number of ether oxygens (including phenoxy) is 1. The van der Waals surface area contributed by atoms with Crippen molar-refractivity contribution < 1.29 is 9.53 Å². The van der Waals surface area contributed by atoms with Crippen LogP contribution in [0.1, 0.15) is 31.5 Å². The fraction of sp³-hybridized carbons (Fsp3) is 0.750. The van der Waals surface area contributed by atoms with Crippen molar-refractivity contribution in [3.8, 4) is 0 Å². The predicted octanol–water partition coefficient (Wildman–Crippen LogP) is 1.81. The maximum atomic E-state index is 12.0. The first-order valence-electron chi connectivity index (χ1n) is 8.19. The van der Waals surface area contributed by atoms with Crippen LogP contribution in [-0.4, -0.2) is 53.8 Å². The lowest BCUT2D eigenvalue weighted by Crippen LogP contribution is -2.38. The summed E-state index contributed by atoms with van der Waals surface area (Å²) in [5, 5.41) is 2.99. The van der Waals surface area contributed by atoms with E-state index in [2.05, 4.69) is 10.3 Å². The quantitative estimate of drug-likeness (QED) is 0.745. The SMILES string of the molecule is CN(CCCc1nccn1C)C(=O)NCCC[C@@H]1CCOC1. The van der Waals surface area contributed by atoms with Crippen LogP contribution >= 0.6 is 0 Å². The smallest absolute Gasteiger partial charge is 0.317 e. The van der Waals surface area contributed by atoms with E-state index in [4.69, 9.17) is 4.74 Å². The van der Waals surface area contributed by atoms with Crippen LogP contribution in [0.4, 0.5) is 4.79 Å². The normalized spacial score (nSPS) is 17.6. The van der Waals surface area contributed by atoms with Crippen LogP contribution in [0, 0.1) is 5.92 Å². The molecule has 1 atom stereocenters. The van der Waals surface area contributed by atoms with E-state index in [9.17, 15) is 4.79 Å². The molecule has 124 valence electrons. The van der Waals surface area contributed by atoms with Crippen LogP contribution in [0.15, 0.2) is 12.4 Å². The highest BCUT2D eigenvalue weighted by Crippen LogP contribution is 2.17. The van der Waals surface area contributed by atoms with Gasteiger partial charge in [-0.3, -0.25) is 0 Å². The van der Waals surface area contributed by atoms with E-state index in [1.165, 1.54) is 6.42 Å². The summed E-state index contributed by atoms with van der Waals surface area (Å²) in [6.07, 6.45) is 8.91. The second-order valence-electron chi connectivity index (χ2n) is 6.08. The first-order chi connectivity index (χ1) is 10.7. The zero-order valence-corrected chi connectivity index (χ0v) is 13.8. The third-order valence-corrected chi connectivity index (χ3v) is 4.25. The first kappa shape index (κ1) is 16.8. The third-order valence-electron chi connectivity index (χ3n) is 4.25. The Bertz CT molecular complexity index is 455. The number of aromatic nitrogens is 2. The zero-order chi connectivity index (χ0) is 15.8. The molecule has 1 aromatic rings. The molecule has 0 aromatic carbocycles. The summed E-state index contributed by atoms with van der Waals surface area (Å²) in [6.45, 7) is 3.28. The highest BCUT2D eigenvalue weighted by molar-refractivity contribution is 5.73. The van der Waals surface area contributed by atoms with Crippen molar-refractivity contribution in [3.05, 3.63) is 18.2 Å². The summed E-state index contributed by atoms with van der Waals surface area (Å²) in [6, 6.07) is 0.0162. The molecule has 6 nitrogen and oxygen atoms in total. The molecule has 2 rings (SSSR count). The Balaban J connectivity index is 1.53. The highest BCUT2D eigenvalue weighted by Gasteiger charge is 2.15. The number of amides is 2. The van der Waals surface area contributed by atoms with E-state index in [0.717, 1.165) is 57.8 Å². The molecule has 0 aliphatic carbocycles. The molecule has 0 radical (unpaired) electrons. The maximum Gasteiger partial charge on any atom is 0.317 e. The number of carbonyl (C=O) groups excluding carboxylic acids is 1. The van der Waals surface area contributed by atoms with Crippen LogP contribution in [0.5, 0.6) is 0 Å². The molecule has 22 heavy (non-hydrogen) atoms. The minimum atomic E-state index is 0.0162. The molecule has 0 unspecified atom stereocenters. The Hall–Kier alpha value is -1.56. The topological polar surface area (TPSA) is 59.4 Å². The minimum Gasteiger partial charge on any atom is -0.381 e. The lowest BCUT2D eigenvalue weighted by Gasteiger charge is -2.18. The monoisotopic (exact) mass is 308 g/mol. The van der Waals surface area contributed by atoms with Crippen LogP contribution in [-0.2, 0) is 18.2 Å². The van der Waals surface area contributed by atoms with E-state index >= 15 is 0 Å². The summed E-state index contributed by atoms with van der Waals surface area (Å²) in [4.78, 5) is 18.0. The van der Waals surface area contributed by atoms with Gasteiger partial charge in [0.05, 0.1) is 0 Å². The van der Waals surface area contributed by atoms with Gasteiger partial charge in [-0.15, -0.1) is 0 Å². The zero-order valence-electron chi connectivity index (χ0n) is 13.8. The molecule has 2 heterocycles. The summed E-state index contributed by atoms with van der Waals surface area (Å²) < 4.78 is 7.37. The Morgan fingerprint density at radius 1 is 1.55 bits per heavy atom. The third kappa shape index (κ3) is 5.33. The van der Waals surface area contributed by atoms with Gasteiger partial charge in [0, 0.05) is 59.2 Å². The summed E-state index contributed by atoms with van der Waals surface area (Å²) in [7, 11) is 3.84. The average Bonchev–Trinajstić information content (AvgIpc) is 3.15. The predicted molar refractivity (Wildman–Crippen MR) is 85.7 cm³/mol. The van der Waals surface area contributed by atoms with Gasteiger partial charge < -0.3 is 19.5 Å². The average molecular weight is 308 g/mol. The van der Waals surface area contributed by atoms with Crippen LogP contribution in [0.25, 0.3) is 0 Å². The van der Waals surface area contributed by atoms with Gasteiger partial charge in [-0.2, -0.15) is 0 Å². The number of urea groups is 1. The van der Waals surface area contributed by atoms with Gasteiger partial charge in [-0.05, 0) is 31.6 Å². The number of hydrogen-bond acceptors (Lipinski definition) is 3. The molecule has 1 aliphatic heterocycles. The molecule has 1 aliphatic rings. The molecular weight excluding hydrogens is 280 g/mol. The van der Waals surface area contributed by atoms with Crippen LogP contribution in [0.2, 0.25) is 0 Å². The van der Waals surface area contributed by atoms with Gasteiger partial charge >= 0.3 is 6.03 Å². The Kier molecular flexibility index (Phi) is 6.71. The summed E-state index contributed by atoms with van der Waals surface area (Å²) >= 11 is 0. The molecule has 0 saturated carbocycles. The number of nitrogens with zero attached hydrogens (tertiary/aromatic N) is 3. The van der Waals surface area contributed by atoms with Crippen LogP contribution in [0.3, 0.4) is 0 Å². The fourth-order valence-corrected chi connectivity index (χ4v) is 2.75. The Morgan fingerprint density at radius 2 is 2.41 bits per heavy atom. The number of nitrogens with one attached hydrogen (secondary N) is 1. The molecule has 1 N–H and O–H groups in total. The number of rotatable bonds is 8. The van der Waals surface area contributed by atoms with Gasteiger partial charge in [0.2, 0.25) is 0 Å². The lowest BCUT2D eigenvalue weighted by molar-refractivity contribution is 0.183. The maximum absolute atomic E-state index is 12.0. The molecule has 1 saturated heterocycles. The van der Waals surface area contributed by atoms with Crippen molar-refractivity contribution >= 4 is 6.03 Å². The van der Waals surface area contributed by atoms with E-state index in [1.807, 2.05) is 24.9 Å². The molecule has 0 bridgehead atoms. The van der Waals surface area contributed by atoms with Crippen molar-refractivity contribution in [2.45, 2.75) is 32.1 Å². The van der Waals surface area contributed by atoms with Gasteiger partial charge in [-0.1, -0.05) is 0 Å². The molecule has 0 spiro atoms. The largest absolute Gasteiger partial charge is 0.381 e. The van der Waals surface area contributed by atoms with Crippen LogP contribution < -0.4 is 5.32 Å². The standard InChI is InChI=1S/C16H28N4O2/c1-19-11-9-17-15(19)6-4-10-20(2)16(21)18-8-3-5-14-7-12-22-13-14/h9,11,14H,3-8,10,12-13H2,1-2H3,(H,18,21)/t14-/m1/s1. The van der Waals surface area contributed by atoms with Gasteiger partial charge in [0.15, 0.2) is 0 Å². The van der Waals surface area contributed by atoms with E-state index in [0.29, 0.717) is 5.92 Å². The molecular formula is C16H28N4O2. The Morgan fingerprint density at radius 3 is 3.09 bits per heavy atom. The van der Waals surface area contributed by atoms with Crippen molar-refractivity contribution in [2.24, 2.45) is 13.0 Å². The molecule has 1 aromatic heterocycles. The molecule has 1 fully saturated rings. The van der Waals surface area contributed by atoms with Crippen molar-refractivity contribution in [1.29, 1.82) is 0 Å². The number of aryl methyl sites for hydroxylation is 2. The number of carbonyl (C=O) groups is 1. The summed E-state index contributed by atoms with van der Waals surface area (Å²) in [5.74, 6) is 1.75. The number of hydrogen-bond donors (Lipinski definition) is 1. The van der Waals surface area contributed by atoms with E-state index in [-0.39, 0.29) is 6.03 Å². The van der Waals surface area contributed by atoms with E-state index in [1.54, 1.807) is 11.1 Å². The Labute approximate surface area is 132 Å². The van der Waals surface area contributed by atoms with Crippen molar-refractivity contribution in [2.75, 3.05) is 33.4 Å². The van der Waals surface area contributed by atoms with Gasteiger partial charge in [0.25, 0.3) is 0 Å². The lowest BCUT2D eigenvalue weighted by atomic mass is 10.0. The minimum absolute atomic E-state index is 0.0162. The summed E-state index contributed by atoms with van der Waals surface area (Å²) in [5.41, 5.74) is 0. The second kappa shape index (κ2) is 8.78. The van der Waals surface area contributed by atoms with Crippen molar-refractivity contribution in [3.63, 3.8) is 0 Å². The fourth-order valence-electron chi connectivity index (χ4n) is 2.75.